The molecule has 132 valence electrons. The van der Waals surface area contributed by atoms with Gasteiger partial charge in [0.2, 0.25) is 0 Å². The molecule has 1 N–H and O–H groups in total. The summed E-state index contributed by atoms with van der Waals surface area (Å²) in [5.41, 5.74) is 1.58. The van der Waals surface area contributed by atoms with Gasteiger partial charge in [-0.2, -0.15) is 13.8 Å². The van der Waals surface area contributed by atoms with Crippen LogP contribution in [0.15, 0.2) is 59.8 Å². The number of halogens is 1. The van der Waals surface area contributed by atoms with Gasteiger partial charge in [-0.25, -0.2) is 12.8 Å². The summed E-state index contributed by atoms with van der Waals surface area (Å²) in [6.45, 7) is 0.194. The van der Waals surface area contributed by atoms with Crippen molar-refractivity contribution < 1.29 is 12.8 Å². The zero-order chi connectivity index (χ0) is 18.1. The zero-order valence-corrected chi connectivity index (χ0v) is 14.8. The Morgan fingerprint density at radius 2 is 1.96 bits per heavy atom. The number of nitrogens with zero attached hydrogens (tertiary/aromatic N) is 4. The van der Waals surface area contributed by atoms with Crippen LogP contribution in [0, 0.1) is 5.82 Å². The third-order valence-electron chi connectivity index (χ3n) is 3.71. The Morgan fingerprint density at radius 3 is 2.81 bits per heavy atom. The second-order valence-corrected chi connectivity index (χ2v) is 7.69. The van der Waals surface area contributed by atoms with Crippen LogP contribution in [-0.2, 0) is 16.6 Å². The topological polar surface area (TPSA) is 89.8 Å². The highest BCUT2D eigenvalue weighted by Gasteiger charge is 2.20. The van der Waals surface area contributed by atoms with Crippen LogP contribution in [0.1, 0.15) is 5.56 Å². The molecule has 2 heterocycles. The molecule has 26 heavy (non-hydrogen) atoms. The van der Waals surface area contributed by atoms with Crippen molar-refractivity contribution >= 4 is 38.5 Å². The molecule has 0 aliphatic carbocycles. The molecule has 0 amide bonds. The molecule has 7 nitrogen and oxygen atoms in total. The Hall–Kier alpha value is -2.85. The van der Waals surface area contributed by atoms with Crippen LogP contribution in [0.3, 0.4) is 0 Å². The number of hydrogen-bond donors (Lipinski definition) is 1. The molecule has 0 radical (unpaired) electrons. The number of rotatable bonds is 5. The van der Waals surface area contributed by atoms with E-state index in [0.717, 1.165) is 11.7 Å². The average molecular weight is 389 g/mol. The minimum atomic E-state index is -3.85. The van der Waals surface area contributed by atoms with E-state index in [9.17, 15) is 12.8 Å². The van der Waals surface area contributed by atoms with Gasteiger partial charge in [-0.05, 0) is 18.2 Å². The van der Waals surface area contributed by atoms with E-state index in [2.05, 4.69) is 18.6 Å². The SMILES string of the molecule is O=S(=O)(Nc1cnn(Cc2ccccc2F)c1)c1cccc2nsnc12. The van der Waals surface area contributed by atoms with E-state index in [1.807, 2.05) is 0 Å². The lowest BCUT2D eigenvalue weighted by atomic mass is 10.2. The van der Waals surface area contributed by atoms with Crippen LogP contribution in [-0.4, -0.2) is 26.9 Å². The first-order chi connectivity index (χ1) is 12.5. The van der Waals surface area contributed by atoms with E-state index >= 15 is 0 Å². The molecule has 0 unspecified atom stereocenters. The quantitative estimate of drug-likeness (QED) is 0.567. The van der Waals surface area contributed by atoms with Gasteiger partial charge in [0, 0.05) is 11.8 Å². The molecule has 10 heteroatoms. The van der Waals surface area contributed by atoms with E-state index in [1.54, 1.807) is 30.3 Å². The number of anilines is 1. The molecule has 0 aliphatic heterocycles. The van der Waals surface area contributed by atoms with E-state index < -0.39 is 10.0 Å². The molecule has 2 aromatic heterocycles. The third-order valence-corrected chi connectivity index (χ3v) is 5.67. The van der Waals surface area contributed by atoms with Crippen molar-refractivity contribution in [2.45, 2.75) is 11.4 Å². The lowest BCUT2D eigenvalue weighted by Crippen LogP contribution is -2.13. The summed E-state index contributed by atoms with van der Waals surface area (Å²) in [7, 11) is -3.85. The average Bonchev–Trinajstić information content (AvgIpc) is 3.25. The number of sulfonamides is 1. The van der Waals surface area contributed by atoms with Crippen molar-refractivity contribution in [3.63, 3.8) is 0 Å². The first kappa shape index (κ1) is 16.6. The number of fused-ring (bicyclic) bond motifs is 1. The van der Waals surface area contributed by atoms with Crippen molar-refractivity contribution in [2.75, 3.05) is 4.72 Å². The Kier molecular flexibility index (Phi) is 4.13. The third kappa shape index (κ3) is 3.16. The number of hydrogen-bond acceptors (Lipinski definition) is 6. The second kappa shape index (κ2) is 6.46. The fourth-order valence-corrected chi connectivity index (χ4v) is 4.31. The maximum absolute atomic E-state index is 13.7. The van der Waals surface area contributed by atoms with Crippen LogP contribution in [0.2, 0.25) is 0 Å². The summed E-state index contributed by atoms with van der Waals surface area (Å²) in [6.07, 6.45) is 2.88. The fourth-order valence-electron chi connectivity index (χ4n) is 2.51. The van der Waals surface area contributed by atoms with E-state index in [1.165, 1.54) is 29.2 Å². The van der Waals surface area contributed by atoms with Crippen molar-refractivity contribution in [3.05, 3.63) is 66.2 Å². The molecule has 0 saturated carbocycles. The van der Waals surface area contributed by atoms with E-state index in [0.29, 0.717) is 16.6 Å². The Bertz CT molecular complexity index is 1190. The van der Waals surface area contributed by atoms with Crippen molar-refractivity contribution in [3.8, 4) is 0 Å². The van der Waals surface area contributed by atoms with Gasteiger partial charge in [0.1, 0.15) is 21.7 Å². The summed E-state index contributed by atoms with van der Waals surface area (Å²) in [6, 6.07) is 11.1. The molecule has 0 bridgehead atoms. The minimum Gasteiger partial charge on any atom is -0.276 e. The summed E-state index contributed by atoms with van der Waals surface area (Å²) >= 11 is 0.952. The van der Waals surface area contributed by atoms with Crippen molar-refractivity contribution in [2.24, 2.45) is 0 Å². The van der Waals surface area contributed by atoms with Gasteiger partial charge < -0.3 is 0 Å². The highest BCUT2D eigenvalue weighted by atomic mass is 32.2. The van der Waals surface area contributed by atoms with E-state index in [-0.39, 0.29) is 22.9 Å². The molecular formula is C16H12FN5O2S2. The van der Waals surface area contributed by atoms with Gasteiger partial charge in [0.15, 0.2) is 0 Å². The van der Waals surface area contributed by atoms with Crippen LogP contribution in [0.25, 0.3) is 11.0 Å². The first-order valence-corrected chi connectivity index (χ1v) is 9.74. The van der Waals surface area contributed by atoms with Gasteiger partial charge in [0.05, 0.1) is 30.2 Å². The summed E-state index contributed by atoms with van der Waals surface area (Å²) in [5.74, 6) is -0.340. The highest BCUT2D eigenvalue weighted by molar-refractivity contribution is 7.93. The van der Waals surface area contributed by atoms with Gasteiger partial charge in [-0.3, -0.25) is 9.40 Å². The predicted octanol–water partition coefficient (Wildman–Crippen LogP) is 2.88. The molecule has 4 rings (SSSR count). The molecule has 0 fully saturated rings. The van der Waals surface area contributed by atoms with Gasteiger partial charge in [-0.1, -0.05) is 24.3 Å². The van der Waals surface area contributed by atoms with Crippen molar-refractivity contribution in [1.82, 2.24) is 18.5 Å². The van der Waals surface area contributed by atoms with Crippen LogP contribution in [0.4, 0.5) is 10.1 Å². The second-order valence-electron chi connectivity index (χ2n) is 5.51. The molecule has 4 aromatic rings. The van der Waals surface area contributed by atoms with Crippen molar-refractivity contribution in [1.29, 1.82) is 0 Å². The predicted molar refractivity (Wildman–Crippen MR) is 96.0 cm³/mol. The number of nitrogens with one attached hydrogen (secondary N) is 1. The van der Waals surface area contributed by atoms with Crippen LogP contribution in [0.5, 0.6) is 0 Å². The molecule has 0 spiro atoms. The Morgan fingerprint density at radius 1 is 1.12 bits per heavy atom. The number of benzene rings is 2. The van der Waals surface area contributed by atoms with Crippen LogP contribution >= 0.6 is 11.7 Å². The highest BCUT2D eigenvalue weighted by Crippen LogP contribution is 2.23. The largest absolute Gasteiger partial charge is 0.276 e. The monoisotopic (exact) mass is 389 g/mol. The van der Waals surface area contributed by atoms with Gasteiger partial charge in [-0.15, -0.1) is 0 Å². The maximum atomic E-state index is 13.7. The lowest BCUT2D eigenvalue weighted by molar-refractivity contribution is 0.585. The smallest absolute Gasteiger partial charge is 0.264 e. The maximum Gasteiger partial charge on any atom is 0.264 e. The van der Waals surface area contributed by atoms with E-state index in [4.69, 9.17) is 0 Å². The molecule has 0 aliphatic rings. The Balaban J connectivity index is 1.59. The fraction of sp³-hybridized carbons (Fsp3) is 0.0625. The summed E-state index contributed by atoms with van der Waals surface area (Å²) in [4.78, 5) is 0.0469. The zero-order valence-electron chi connectivity index (χ0n) is 13.2. The Labute approximate surface area is 152 Å². The summed E-state index contributed by atoms with van der Waals surface area (Å²) < 4.78 is 51.1. The summed E-state index contributed by atoms with van der Waals surface area (Å²) in [5, 5.41) is 4.08. The minimum absolute atomic E-state index is 0.0469. The van der Waals surface area contributed by atoms with Crippen LogP contribution < -0.4 is 4.72 Å². The molecule has 0 saturated heterocycles. The lowest BCUT2D eigenvalue weighted by Gasteiger charge is -2.06. The first-order valence-electron chi connectivity index (χ1n) is 7.53. The number of aromatic nitrogens is 4. The molecule has 2 aromatic carbocycles. The van der Waals surface area contributed by atoms with Gasteiger partial charge >= 0.3 is 0 Å². The molecular weight excluding hydrogens is 377 g/mol. The molecule has 0 atom stereocenters. The normalized spacial score (nSPS) is 11.7. The van der Waals surface area contributed by atoms with Gasteiger partial charge in [0.25, 0.3) is 10.0 Å². The standard InChI is InChI=1S/C16H12FN5O2S2/c17-13-5-2-1-4-11(13)9-22-10-12(8-18-22)21-26(23,24)15-7-3-6-14-16(15)20-25-19-14/h1-8,10,21H,9H2.